The average Bonchev–Trinajstić information content (AvgIpc) is 2.76. The van der Waals surface area contributed by atoms with Gasteiger partial charge in [-0.2, -0.15) is 5.10 Å². The predicted molar refractivity (Wildman–Crippen MR) is 56.7 cm³/mol. The molecule has 2 aromatic heterocycles. The summed E-state index contributed by atoms with van der Waals surface area (Å²) >= 11 is 0. The van der Waals surface area contributed by atoms with Crippen molar-refractivity contribution in [1.29, 1.82) is 0 Å². The Hall–Kier alpha value is -2.18. The molecule has 0 radical (unpaired) electrons. The van der Waals surface area contributed by atoms with Crippen molar-refractivity contribution in [3.8, 4) is 0 Å². The van der Waals surface area contributed by atoms with Crippen LogP contribution >= 0.6 is 0 Å². The summed E-state index contributed by atoms with van der Waals surface area (Å²) in [6.45, 7) is 0. The van der Waals surface area contributed by atoms with Crippen LogP contribution in [0.3, 0.4) is 0 Å². The van der Waals surface area contributed by atoms with Gasteiger partial charge in [-0.15, -0.1) is 5.10 Å². The molecule has 2 rings (SSSR count). The number of carbonyl (C=O) groups excluding carboxylic acids is 1. The Morgan fingerprint density at radius 3 is 2.75 bits per heavy atom. The van der Waals surface area contributed by atoms with E-state index < -0.39 is 0 Å². The quantitative estimate of drug-likeness (QED) is 0.708. The number of anilines is 1. The highest BCUT2D eigenvalue weighted by Crippen LogP contribution is 2.12. The number of nitrogens with two attached hydrogens (primary N) is 1. The third-order valence-electron chi connectivity index (χ3n) is 2.28. The molecule has 0 aromatic carbocycles. The second-order valence-corrected chi connectivity index (χ2v) is 3.55. The van der Waals surface area contributed by atoms with E-state index in [4.69, 9.17) is 5.73 Å². The fourth-order valence-electron chi connectivity index (χ4n) is 1.40. The van der Waals surface area contributed by atoms with Gasteiger partial charge in [0.1, 0.15) is 5.82 Å². The van der Waals surface area contributed by atoms with Gasteiger partial charge in [-0.1, -0.05) is 5.21 Å². The summed E-state index contributed by atoms with van der Waals surface area (Å²) in [5.74, 6) is 0.264. The van der Waals surface area contributed by atoms with Gasteiger partial charge in [-0.3, -0.25) is 14.2 Å². The fourth-order valence-corrected chi connectivity index (χ4v) is 1.40. The Bertz CT molecular complexity index is 526. The summed E-state index contributed by atoms with van der Waals surface area (Å²) in [5, 5.41) is 11.5. The Morgan fingerprint density at radius 1 is 1.50 bits per heavy atom. The summed E-state index contributed by atoms with van der Waals surface area (Å²) in [7, 11) is 3.44. The van der Waals surface area contributed by atoms with Gasteiger partial charge in [0.15, 0.2) is 5.78 Å². The van der Waals surface area contributed by atoms with Crippen LogP contribution in [0, 0.1) is 0 Å². The molecule has 0 fully saturated rings. The van der Waals surface area contributed by atoms with Crippen molar-refractivity contribution in [2.75, 3.05) is 5.73 Å². The van der Waals surface area contributed by atoms with Crippen molar-refractivity contribution < 1.29 is 4.79 Å². The van der Waals surface area contributed by atoms with Crippen LogP contribution in [0.25, 0.3) is 0 Å². The lowest BCUT2D eigenvalue weighted by Crippen LogP contribution is -2.07. The van der Waals surface area contributed by atoms with Crippen LogP contribution in [0.2, 0.25) is 0 Å². The number of rotatable bonds is 3. The molecule has 0 bridgehead atoms. The number of ketones is 1. The Balaban J connectivity index is 2.18. The summed E-state index contributed by atoms with van der Waals surface area (Å²) < 4.78 is 3.01. The van der Waals surface area contributed by atoms with Crippen LogP contribution in [0.5, 0.6) is 0 Å². The molecule has 2 N–H and O–H groups in total. The third kappa shape index (κ3) is 1.79. The van der Waals surface area contributed by atoms with Gasteiger partial charge in [0, 0.05) is 20.3 Å². The fraction of sp³-hybridized carbons (Fsp3) is 0.333. The lowest BCUT2D eigenvalue weighted by molar-refractivity contribution is 0.0992. The molecule has 2 aromatic rings. The molecule has 7 heteroatoms. The van der Waals surface area contributed by atoms with Gasteiger partial charge < -0.3 is 5.73 Å². The molecule has 2 heterocycles. The van der Waals surface area contributed by atoms with Crippen LogP contribution < -0.4 is 5.73 Å². The SMILES string of the molecule is Cn1cc(CC(=O)c2cnn(C)c2N)nn1. The topological polar surface area (TPSA) is 91.6 Å². The maximum absolute atomic E-state index is 11.8. The molecule has 16 heavy (non-hydrogen) atoms. The van der Waals surface area contributed by atoms with E-state index in [-0.39, 0.29) is 12.2 Å². The van der Waals surface area contributed by atoms with Crippen LogP contribution in [-0.2, 0) is 20.5 Å². The van der Waals surface area contributed by atoms with Gasteiger partial charge in [0.2, 0.25) is 0 Å². The molecule has 0 saturated carbocycles. The lowest BCUT2D eigenvalue weighted by atomic mass is 10.1. The minimum atomic E-state index is -0.105. The molecule has 0 aliphatic heterocycles. The number of nitrogen functional groups attached to an aromatic ring is 1. The van der Waals surface area contributed by atoms with E-state index in [2.05, 4.69) is 15.4 Å². The Kier molecular flexibility index (Phi) is 2.43. The highest BCUT2D eigenvalue weighted by Gasteiger charge is 2.15. The van der Waals surface area contributed by atoms with Crippen molar-refractivity contribution in [1.82, 2.24) is 24.8 Å². The maximum atomic E-state index is 11.8. The second-order valence-electron chi connectivity index (χ2n) is 3.55. The van der Waals surface area contributed by atoms with E-state index in [1.807, 2.05) is 0 Å². The summed E-state index contributed by atoms with van der Waals surface area (Å²) in [4.78, 5) is 11.8. The van der Waals surface area contributed by atoms with Crippen molar-refractivity contribution in [3.05, 3.63) is 23.7 Å². The first kappa shape index (κ1) is 10.3. The lowest BCUT2D eigenvalue weighted by Gasteiger charge is -1.97. The molecule has 0 aliphatic carbocycles. The first-order valence-corrected chi connectivity index (χ1v) is 4.74. The van der Waals surface area contributed by atoms with Crippen LogP contribution in [-0.4, -0.2) is 30.6 Å². The van der Waals surface area contributed by atoms with Gasteiger partial charge in [0.25, 0.3) is 0 Å². The number of aryl methyl sites for hydroxylation is 2. The van der Waals surface area contributed by atoms with E-state index in [0.717, 1.165) is 0 Å². The molecule has 84 valence electrons. The second kappa shape index (κ2) is 3.76. The average molecular weight is 220 g/mol. The molecule has 7 nitrogen and oxygen atoms in total. The zero-order chi connectivity index (χ0) is 11.7. The molecule has 0 aliphatic rings. The monoisotopic (exact) mass is 220 g/mol. The normalized spacial score (nSPS) is 10.6. The van der Waals surface area contributed by atoms with E-state index in [1.165, 1.54) is 10.9 Å². The van der Waals surface area contributed by atoms with Gasteiger partial charge >= 0.3 is 0 Å². The minimum Gasteiger partial charge on any atom is -0.383 e. The summed E-state index contributed by atoms with van der Waals surface area (Å²) in [6.07, 6.45) is 3.35. The van der Waals surface area contributed by atoms with Crippen molar-refractivity contribution in [3.63, 3.8) is 0 Å². The number of aromatic nitrogens is 5. The van der Waals surface area contributed by atoms with E-state index >= 15 is 0 Å². The van der Waals surface area contributed by atoms with Crippen LogP contribution in [0.4, 0.5) is 5.82 Å². The molecular formula is C9H12N6O. The van der Waals surface area contributed by atoms with E-state index in [1.54, 1.807) is 25.0 Å². The Morgan fingerprint density at radius 2 is 2.25 bits per heavy atom. The first-order chi connectivity index (χ1) is 7.58. The number of nitrogens with zero attached hydrogens (tertiary/aromatic N) is 5. The van der Waals surface area contributed by atoms with Crippen molar-refractivity contribution in [2.45, 2.75) is 6.42 Å². The predicted octanol–water partition coefficient (Wildman–Crippen LogP) is -0.444. The zero-order valence-electron chi connectivity index (χ0n) is 9.08. The molecule has 0 amide bonds. The first-order valence-electron chi connectivity index (χ1n) is 4.74. The largest absolute Gasteiger partial charge is 0.383 e. The molecule has 0 unspecified atom stereocenters. The third-order valence-corrected chi connectivity index (χ3v) is 2.28. The number of hydrogen-bond donors (Lipinski definition) is 1. The van der Waals surface area contributed by atoms with Crippen molar-refractivity contribution >= 4 is 11.6 Å². The smallest absolute Gasteiger partial charge is 0.174 e. The van der Waals surface area contributed by atoms with E-state index in [9.17, 15) is 4.79 Å². The van der Waals surface area contributed by atoms with Gasteiger partial charge in [-0.05, 0) is 0 Å². The maximum Gasteiger partial charge on any atom is 0.174 e. The molecule has 0 atom stereocenters. The highest BCUT2D eigenvalue weighted by atomic mass is 16.1. The van der Waals surface area contributed by atoms with Gasteiger partial charge in [-0.25, -0.2) is 0 Å². The van der Waals surface area contributed by atoms with Gasteiger partial charge in [0.05, 0.1) is 23.9 Å². The standard InChI is InChI=1S/C9H12N6O/c1-14-5-6(12-13-14)3-8(16)7-4-11-15(2)9(7)10/h4-5H,3,10H2,1-2H3. The summed E-state index contributed by atoms with van der Waals surface area (Å²) in [6, 6.07) is 0. The van der Waals surface area contributed by atoms with Crippen LogP contribution in [0.15, 0.2) is 12.4 Å². The van der Waals surface area contributed by atoms with Crippen LogP contribution in [0.1, 0.15) is 16.1 Å². The van der Waals surface area contributed by atoms with E-state index in [0.29, 0.717) is 17.1 Å². The Labute approximate surface area is 91.9 Å². The molecule has 0 spiro atoms. The number of Topliss-reactive ketones (excluding diaryl/α,β-unsaturated/α-hetero) is 1. The highest BCUT2D eigenvalue weighted by molar-refractivity contribution is 6.00. The molecular weight excluding hydrogens is 208 g/mol. The molecule has 0 saturated heterocycles. The minimum absolute atomic E-state index is 0.105. The summed E-state index contributed by atoms with van der Waals surface area (Å²) in [5.41, 5.74) is 6.75. The van der Waals surface area contributed by atoms with Crippen molar-refractivity contribution in [2.24, 2.45) is 14.1 Å². The number of carbonyl (C=O) groups is 1. The number of hydrogen-bond acceptors (Lipinski definition) is 5. The zero-order valence-corrected chi connectivity index (χ0v) is 9.08.